The number of urea groups is 1. The van der Waals surface area contributed by atoms with Gasteiger partial charge in [0.1, 0.15) is 5.75 Å². The van der Waals surface area contributed by atoms with Crippen molar-refractivity contribution in [2.24, 2.45) is 0 Å². The number of phenols is 1. The van der Waals surface area contributed by atoms with E-state index in [4.69, 9.17) is 5.11 Å². The summed E-state index contributed by atoms with van der Waals surface area (Å²) in [6.07, 6.45) is 2.30. The van der Waals surface area contributed by atoms with E-state index in [1.807, 2.05) is 6.92 Å². The van der Waals surface area contributed by atoms with Crippen LogP contribution in [0.5, 0.6) is 5.75 Å². The fourth-order valence-corrected chi connectivity index (χ4v) is 1.97. The van der Waals surface area contributed by atoms with E-state index in [-0.39, 0.29) is 18.2 Å². The minimum Gasteiger partial charge on any atom is -0.508 e. The molecule has 0 bridgehead atoms. The highest BCUT2D eigenvalue weighted by molar-refractivity contribution is 5.92. The second kappa shape index (κ2) is 8.84. The van der Waals surface area contributed by atoms with Gasteiger partial charge >= 0.3 is 12.0 Å². The van der Waals surface area contributed by atoms with Gasteiger partial charge in [-0.3, -0.25) is 9.69 Å². The molecule has 21 heavy (non-hydrogen) atoms. The van der Waals surface area contributed by atoms with Gasteiger partial charge in [-0.2, -0.15) is 0 Å². The number of carboxylic acid groups (broad SMARTS) is 1. The summed E-state index contributed by atoms with van der Waals surface area (Å²) in [4.78, 5) is 24.0. The molecule has 0 saturated carbocycles. The predicted octanol–water partition coefficient (Wildman–Crippen LogP) is 2.57. The van der Waals surface area contributed by atoms with Crippen LogP contribution in [0.15, 0.2) is 24.3 Å². The lowest BCUT2D eigenvalue weighted by Crippen LogP contribution is -2.40. The maximum atomic E-state index is 12.1. The Morgan fingerprint density at radius 2 is 2.00 bits per heavy atom. The number of phenolic OH excluding ortho intramolecular Hbond substituents is 1. The molecule has 0 unspecified atom stereocenters. The number of aliphatic carboxylic acids is 1. The predicted molar refractivity (Wildman–Crippen MR) is 80.6 cm³/mol. The van der Waals surface area contributed by atoms with Gasteiger partial charge in [-0.25, -0.2) is 4.79 Å². The molecule has 0 spiro atoms. The molecule has 1 rings (SSSR count). The van der Waals surface area contributed by atoms with Crippen molar-refractivity contribution in [2.45, 2.75) is 32.6 Å². The summed E-state index contributed by atoms with van der Waals surface area (Å²) in [6.45, 7) is 2.86. The Labute approximate surface area is 124 Å². The maximum absolute atomic E-state index is 12.1. The van der Waals surface area contributed by atoms with Crippen molar-refractivity contribution < 1.29 is 19.8 Å². The van der Waals surface area contributed by atoms with Gasteiger partial charge in [0, 0.05) is 31.3 Å². The third kappa shape index (κ3) is 6.16. The number of carbonyl (C=O) groups excluding carboxylic acids is 1. The fourth-order valence-electron chi connectivity index (χ4n) is 1.97. The molecule has 0 saturated heterocycles. The molecule has 0 aliphatic carbocycles. The molecule has 0 aliphatic rings. The molecule has 6 heteroatoms. The van der Waals surface area contributed by atoms with Crippen LogP contribution in [-0.2, 0) is 4.79 Å². The second-order valence-corrected chi connectivity index (χ2v) is 4.70. The van der Waals surface area contributed by atoms with Gasteiger partial charge in [0.25, 0.3) is 0 Å². The smallest absolute Gasteiger partial charge is 0.321 e. The van der Waals surface area contributed by atoms with Crippen LogP contribution in [0, 0.1) is 0 Å². The van der Waals surface area contributed by atoms with E-state index in [1.54, 1.807) is 18.2 Å². The number of nitrogens with zero attached hydrogens (tertiary/aromatic N) is 1. The van der Waals surface area contributed by atoms with Gasteiger partial charge in [-0.05, 0) is 31.9 Å². The average molecular weight is 294 g/mol. The average Bonchev–Trinajstić information content (AvgIpc) is 2.43. The number of benzene rings is 1. The van der Waals surface area contributed by atoms with Crippen LogP contribution in [0.25, 0.3) is 0 Å². The summed E-state index contributed by atoms with van der Waals surface area (Å²) in [7, 11) is 0. The van der Waals surface area contributed by atoms with Crippen molar-refractivity contribution in [3.05, 3.63) is 24.3 Å². The molecular formula is C15H22N2O4. The van der Waals surface area contributed by atoms with Crippen molar-refractivity contribution in [1.29, 1.82) is 0 Å². The van der Waals surface area contributed by atoms with Gasteiger partial charge in [-0.15, -0.1) is 0 Å². The Morgan fingerprint density at radius 1 is 1.24 bits per heavy atom. The summed E-state index contributed by atoms with van der Waals surface area (Å²) in [5, 5.41) is 20.8. The minimum absolute atomic E-state index is 0.118. The number of rotatable bonds is 8. The lowest BCUT2D eigenvalue weighted by Gasteiger charge is -2.21. The molecule has 1 aromatic rings. The zero-order valence-corrected chi connectivity index (χ0v) is 12.2. The van der Waals surface area contributed by atoms with Crippen LogP contribution in [0.4, 0.5) is 10.5 Å². The number of hydrogen-bond donors (Lipinski definition) is 3. The van der Waals surface area contributed by atoms with Crippen molar-refractivity contribution in [1.82, 2.24) is 5.32 Å². The second-order valence-electron chi connectivity index (χ2n) is 4.70. The molecule has 0 heterocycles. The Balaban J connectivity index is 2.37. The minimum atomic E-state index is -0.792. The van der Waals surface area contributed by atoms with Gasteiger partial charge in [0.2, 0.25) is 0 Å². The summed E-state index contributed by atoms with van der Waals surface area (Å²) < 4.78 is 0. The van der Waals surface area contributed by atoms with E-state index in [2.05, 4.69) is 5.32 Å². The largest absolute Gasteiger partial charge is 0.508 e. The highest BCUT2D eigenvalue weighted by atomic mass is 16.4. The maximum Gasteiger partial charge on any atom is 0.321 e. The molecule has 1 aromatic carbocycles. The Kier molecular flexibility index (Phi) is 7.08. The van der Waals surface area contributed by atoms with E-state index in [9.17, 15) is 14.7 Å². The quantitative estimate of drug-likeness (QED) is 0.643. The van der Waals surface area contributed by atoms with Crippen molar-refractivity contribution in [2.75, 3.05) is 18.0 Å². The van der Waals surface area contributed by atoms with E-state index in [0.29, 0.717) is 25.2 Å². The van der Waals surface area contributed by atoms with Gasteiger partial charge in [0.05, 0.1) is 0 Å². The van der Waals surface area contributed by atoms with Crippen LogP contribution >= 0.6 is 0 Å². The van der Waals surface area contributed by atoms with Crippen LogP contribution in [0.3, 0.4) is 0 Å². The number of unbranched alkanes of at least 4 members (excludes halogenated alkanes) is 2. The Hall–Kier alpha value is -2.24. The van der Waals surface area contributed by atoms with Crippen LogP contribution in [0.1, 0.15) is 32.6 Å². The molecule has 0 atom stereocenters. The first-order valence-electron chi connectivity index (χ1n) is 7.10. The van der Waals surface area contributed by atoms with E-state index < -0.39 is 5.97 Å². The van der Waals surface area contributed by atoms with Gasteiger partial charge < -0.3 is 15.5 Å². The number of amides is 2. The summed E-state index contributed by atoms with van der Waals surface area (Å²) >= 11 is 0. The molecule has 0 aromatic heterocycles. The summed E-state index contributed by atoms with van der Waals surface area (Å²) in [6, 6.07) is 6.32. The number of anilines is 1. The SMILES string of the molecule is CCN(C(=O)NCCCCCC(=O)O)c1cccc(O)c1. The summed E-state index contributed by atoms with van der Waals surface area (Å²) in [5.74, 6) is -0.674. The number of carbonyl (C=O) groups is 2. The zero-order chi connectivity index (χ0) is 15.7. The van der Waals surface area contributed by atoms with Crippen molar-refractivity contribution >= 4 is 17.7 Å². The Morgan fingerprint density at radius 3 is 2.62 bits per heavy atom. The highest BCUT2D eigenvalue weighted by Crippen LogP contribution is 2.19. The normalized spacial score (nSPS) is 10.1. The third-order valence-electron chi connectivity index (χ3n) is 3.05. The number of hydrogen-bond acceptors (Lipinski definition) is 3. The van der Waals surface area contributed by atoms with Crippen LogP contribution in [0.2, 0.25) is 0 Å². The molecular weight excluding hydrogens is 272 g/mol. The molecule has 0 aliphatic heterocycles. The molecule has 116 valence electrons. The topological polar surface area (TPSA) is 89.9 Å². The molecule has 0 radical (unpaired) electrons. The third-order valence-corrected chi connectivity index (χ3v) is 3.05. The lowest BCUT2D eigenvalue weighted by atomic mass is 10.2. The first-order valence-corrected chi connectivity index (χ1v) is 7.10. The van der Waals surface area contributed by atoms with Crippen LogP contribution in [-0.4, -0.2) is 35.3 Å². The molecule has 6 nitrogen and oxygen atoms in total. The van der Waals surface area contributed by atoms with E-state index in [1.165, 1.54) is 11.0 Å². The fraction of sp³-hybridized carbons (Fsp3) is 0.467. The number of aromatic hydroxyl groups is 1. The molecule has 0 fully saturated rings. The molecule has 3 N–H and O–H groups in total. The first-order chi connectivity index (χ1) is 10.0. The number of nitrogens with one attached hydrogen (secondary N) is 1. The van der Waals surface area contributed by atoms with Gasteiger partial charge in [0.15, 0.2) is 0 Å². The monoisotopic (exact) mass is 294 g/mol. The zero-order valence-electron chi connectivity index (χ0n) is 12.2. The van der Waals surface area contributed by atoms with E-state index >= 15 is 0 Å². The Bertz CT molecular complexity index is 476. The van der Waals surface area contributed by atoms with Gasteiger partial charge in [-0.1, -0.05) is 12.5 Å². The van der Waals surface area contributed by atoms with Crippen LogP contribution < -0.4 is 10.2 Å². The summed E-state index contributed by atoms with van der Waals surface area (Å²) in [5.41, 5.74) is 0.640. The van der Waals surface area contributed by atoms with Crippen molar-refractivity contribution in [3.8, 4) is 5.75 Å². The first kappa shape index (κ1) is 16.8. The number of carboxylic acids is 1. The lowest BCUT2D eigenvalue weighted by molar-refractivity contribution is -0.137. The van der Waals surface area contributed by atoms with Crippen molar-refractivity contribution in [3.63, 3.8) is 0 Å². The standard InChI is InChI=1S/C15H22N2O4/c1-2-17(12-7-6-8-13(18)11-12)15(21)16-10-5-3-4-9-14(19)20/h6-8,11,18H,2-5,9-10H2,1H3,(H,16,21)(H,19,20). The molecule has 2 amide bonds. The highest BCUT2D eigenvalue weighted by Gasteiger charge is 2.13. The van der Waals surface area contributed by atoms with E-state index in [0.717, 1.165) is 12.8 Å².